The number of hydrogen-bond donors (Lipinski definition) is 3. The van der Waals surface area contributed by atoms with Crippen LogP contribution in [0, 0.1) is 5.82 Å². The van der Waals surface area contributed by atoms with E-state index in [2.05, 4.69) is 16.0 Å². The maximum Gasteiger partial charge on any atom is 0.243 e. The van der Waals surface area contributed by atoms with Gasteiger partial charge in [-0.05, 0) is 62.4 Å². The standard InChI is InChI=1S/C30H41FN4O4/c1-5-9-25-30(38)35(4)21(3)28(36)34-26(18-22-13-15-24(31)16-14-22)29(37)32-17-8-11-23-10-6-7-12-27(23)39-20(2)19-33-25/h6-7,10,12-16,20-21,25-26,33H,5,8-9,11,17-19H2,1-4H3,(H,32,37)(H,34,36)/t20-,21+,25-,26+/m0/s1. The minimum Gasteiger partial charge on any atom is -0.489 e. The van der Waals surface area contributed by atoms with E-state index in [9.17, 15) is 18.8 Å². The Morgan fingerprint density at radius 2 is 1.72 bits per heavy atom. The van der Waals surface area contributed by atoms with Crippen LogP contribution >= 0.6 is 0 Å². The summed E-state index contributed by atoms with van der Waals surface area (Å²) in [7, 11) is 1.60. The van der Waals surface area contributed by atoms with Crippen molar-refractivity contribution in [1.29, 1.82) is 0 Å². The van der Waals surface area contributed by atoms with Crippen molar-refractivity contribution < 1.29 is 23.5 Å². The van der Waals surface area contributed by atoms with Gasteiger partial charge in [0.15, 0.2) is 0 Å². The van der Waals surface area contributed by atoms with Crippen molar-refractivity contribution in [3.63, 3.8) is 0 Å². The smallest absolute Gasteiger partial charge is 0.243 e. The molecule has 2 aromatic carbocycles. The molecule has 1 aliphatic rings. The van der Waals surface area contributed by atoms with Crippen LogP contribution in [0.1, 0.15) is 51.2 Å². The van der Waals surface area contributed by atoms with Crippen LogP contribution in [-0.4, -0.2) is 67.0 Å². The van der Waals surface area contributed by atoms with Crippen LogP contribution in [0.25, 0.3) is 0 Å². The largest absolute Gasteiger partial charge is 0.489 e. The molecule has 4 atom stereocenters. The van der Waals surface area contributed by atoms with Crippen molar-refractivity contribution in [3.8, 4) is 5.75 Å². The molecule has 0 aromatic heterocycles. The third kappa shape index (κ3) is 8.78. The van der Waals surface area contributed by atoms with Gasteiger partial charge in [-0.15, -0.1) is 0 Å². The van der Waals surface area contributed by atoms with Crippen LogP contribution in [0.3, 0.4) is 0 Å². The van der Waals surface area contributed by atoms with Gasteiger partial charge in [0.05, 0.1) is 6.04 Å². The van der Waals surface area contributed by atoms with Gasteiger partial charge in [-0.3, -0.25) is 14.4 Å². The van der Waals surface area contributed by atoms with Crippen molar-refractivity contribution >= 4 is 17.7 Å². The topological polar surface area (TPSA) is 99.8 Å². The van der Waals surface area contributed by atoms with E-state index in [0.29, 0.717) is 37.9 Å². The molecule has 0 radical (unpaired) electrons. The molecule has 8 nitrogen and oxygen atoms in total. The first-order valence-electron chi connectivity index (χ1n) is 13.8. The molecule has 2 aromatic rings. The minimum absolute atomic E-state index is 0.185. The van der Waals surface area contributed by atoms with Crippen molar-refractivity contribution in [3.05, 3.63) is 65.5 Å². The maximum atomic E-state index is 13.4. The van der Waals surface area contributed by atoms with E-state index in [1.165, 1.54) is 17.0 Å². The van der Waals surface area contributed by atoms with Gasteiger partial charge in [0.25, 0.3) is 0 Å². The number of likely N-dealkylation sites (N-methyl/N-ethyl adjacent to an activating group) is 1. The fraction of sp³-hybridized carbons (Fsp3) is 0.500. The van der Waals surface area contributed by atoms with Gasteiger partial charge in [-0.25, -0.2) is 4.39 Å². The molecule has 3 rings (SSSR count). The van der Waals surface area contributed by atoms with Crippen LogP contribution < -0.4 is 20.7 Å². The molecule has 3 N–H and O–H groups in total. The van der Waals surface area contributed by atoms with Gasteiger partial charge in [-0.1, -0.05) is 43.7 Å². The molecule has 1 heterocycles. The Kier molecular flexibility index (Phi) is 11.3. The number of para-hydroxylation sites is 1. The quantitative estimate of drug-likeness (QED) is 0.554. The molecule has 212 valence electrons. The molecule has 0 spiro atoms. The Labute approximate surface area is 230 Å². The van der Waals surface area contributed by atoms with E-state index < -0.39 is 24.0 Å². The number of halogens is 1. The van der Waals surface area contributed by atoms with E-state index in [0.717, 1.165) is 17.7 Å². The van der Waals surface area contributed by atoms with Crippen LogP contribution in [0.4, 0.5) is 4.39 Å². The Morgan fingerprint density at radius 1 is 1.00 bits per heavy atom. The molecule has 0 unspecified atom stereocenters. The fourth-order valence-electron chi connectivity index (χ4n) is 4.58. The lowest BCUT2D eigenvalue weighted by Gasteiger charge is -2.30. The minimum atomic E-state index is -0.881. The number of hydrogen-bond acceptors (Lipinski definition) is 5. The summed E-state index contributed by atoms with van der Waals surface area (Å²) in [5.74, 6) is -0.564. The molecule has 0 bridgehead atoms. The van der Waals surface area contributed by atoms with Gasteiger partial charge in [-0.2, -0.15) is 0 Å². The molecule has 39 heavy (non-hydrogen) atoms. The lowest BCUT2D eigenvalue weighted by Crippen LogP contribution is -2.56. The van der Waals surface area contributed by atoms with Gasteiger partial charge in [0, 0.05) is 26.6 Å². The molecule has 0 fully saturated rings. The summed E-state index contributed by atoms with van der Waals surface area (Å²) in [6.07, 6.45) is 2.78. The highest BCUT2D eigenvalue weighted by Crippen LogP contribution is 2.21. The number of ether oxygens (including phenoxy) is 1. The zero-order chi connectivity index (χ0) is 28.4. The fourth-order valence-corrected chi connectivity index (χ4v) is 4.58. The van der Waals surface area contributed by atoms with E-state index >= 15 is 0 Å². The Morgan fingerprint density at radius 3 is 2.44 bits per heavy atom. The first kappa shape index (κ1) is 30.1. The second kappa shape index (κ2) is 14.6. The van der Waals surface area contributed by atoms with Gasteiger partial charge < -0.3 is 25.6 Å². The molecule has 3 amide bonds. The summed E-state index contributed by atoms with van der Waals surface area (Å²) < 4.78 is 19.7. The third-order valence-electron chi connectivity index (χ3n) is 7.04. The molecule has 0 aliphatic carbocycles. The highest BCUT2D eigenvalue weighted by atomic mass is 19.1. The Hall–Kier alpha value is -3.46. The lowest BCUT2D eigenvalue weighted by molar-refractivity contribution is -0.141. The number of nitrogens with zero attached hydrogens (tertiary/aromatic N) is 1. The summed E-state index contributed by atoms with van der Waals surface area (Å²) in [6, 6.07) is 11.5. The van der Waals surface area contributed by atoms with Crippen LogP contribution in [0.15, 0.2) is 48.5 Å². The summed E-state index contributed by atoms with van der Waals surface area (Å²) in [5.41, 5.74) is 1.74. The van der Waals surface area contributed by atoms with Crippen molar-refractivity contribution in [2.75, 3.05) is 20.1 Å². The van der Waals surface area contributed by atoms with E-state index in [-0.39, 0.29) is 30.2 Å². The first-order valence-corrected chi connectivity index (χ1v) is 13.8. The maximum absolute atomic E-state index is 13.4. The molecule has 0 saturated carbocycles. The zero-order valence-corrected chi connectivity index (χ0v) is 23.3. The SMILES string of the molecule is CCC[C@@H]1NC[C@H](C)Oc2ccccc2CCCNC(=O)[C@@H](Cc2ccc(F)cc2)NC(=O)[C@@H](C)N(C)C1=O. The molecular weight excluding hydrogens is 499 g/mol. The van der Waals surface area contributed by atoms with Crippen molar-refractivity contribution in [2.45, 2.75) is 77.1 Å². The lowest BCUT2D eigenvalue weighted by atomic mass is 10.0. The second-order valence-electron chi connectivity index (χ2n) is 10.2. The highest BCUT2D eigenvalue weighted by Gasteiger charge is 2.31. The number of benzene rings is 2. The predicted octanol–water partition coefficient (Wildman–Crippen LogP) is 2.99. The van der Waals surface area contributed by atoms with Gasteiger partial charge in [0.2, 0.25) is 17.7 Å². The van der Waals surface area contributed by atoms with Gasteiger partial charge >= 0.3 is 0 Å². The van der Waals surface area contributed by atoms with Gasteiger partial charge in [0.1, 0.15) is 29.8 Å². The number of amides is 3. The highest BCUT2D eigenvalue weighted by molar-refractivity contribution is 5.92. The zero-order valence-electron chi connectivity index (χ0n) is 23.3. The summed E-state index contributed by atoms with van der Waals surface area (Å²) in [5, 5.41) is 9.08. The van der Waals surface area contributed by atoms with Crippen molar-refractivity contribution in [2.24, 2.45) is 0 Å². The molecule has 9 heteroatoms. The summed E-state index contributed by atoms with van der Waals surface area (Å²) >= 11 is 0. The van der Waals surface area contributed by atoms with E-state index in [1.54, 1.807) is 26.1 Å². The predicted molar refractivity (Wildman–Crippen MR) is 149 cm³/mol. The Balaban J connectivity index is 1.86. The number of carbonyl (C=O) groups is 3. The number of nitrogens with one attached hydrogen (secondary N) is 3. The molecule has 0 saturated heterocycles. The summed E-state index contributed by atoms with van der Waals surface area (Å²) in [4.78, 5) is 41.2. The Bertz CT molecular complexity index is 1110. The monoisotopic (exact) mass is 540 g/mol. The normalized spacial score (nSPS) is 24.0. The second-order valence-corrected chi connectivity index (χ2v) is 10.2. The van der Waals surface area contributed by atoms with E-state index in [4.69, 9.17) is 4.74 Å². The molecule has 1 aliphatic heterocycles. The average Bonchev–Trinajstić information content (AvgIpc) is 2.93. The number of rotatable bonds is 4. The average molecular weight is 541 g/mol. The summed E-state index contributed by atoms with van der Waals surface area (Å²) in [6.45, 7) is 6.48. The van der Waals surface area contributed by atoms with Crippen LogP contribution in [-0.2, 0) is 27.2 Å². The van der Waals surface area contributed by atoms with Crippen LogP contribution in [0.5, 0.6) is 5.75 Å². The number of carbonyl (C=O) groups excluding carboxylic acids is 3. The van der Waals surface area contributed by atoms with E-state index in [1.807, 2.05) is 38.1 Å². The number of fused-ring (bicyclic) bond motifs is 1. The van der Waals surface area contributed by atoms with Crippen molar-refractivity contribution in [1.82, 2.24) is 20.9 Å². The first-order chi connectivity index (χ1) is 18.7. The third-order valence-corrected chi connectivity index (χ3v) is 7.04. The molecular formula is C30H41FN4O4. The number of aryl methyl sites for hydroxylation is 1. The van der Waals surface area contributed by atoms with Crippen LogP contribution in [0.2, 0.25) is 0 Å².